The maximum absolute atomic E-state index is 12.5. The van der Waals surface area contributed by atoms with Gasteiger partial charge in [0.1, 0.15) is 5.75 Å². The molecule has 0 radical (unpaired) electrons. The molecule has 7 heteroatoms. The van der Waals surface area contributed by atoms with Gasteiger partial charge in [-0.15, -0.1) is 0 Å². The third-order valence-corrected chi connectivity index (χ3v) is 6.03. The lowest BCUT2D eigenvalue weighted by atomic mass is 9.98. The van der Waals surface area contributed by atoms with E-state index >= 15 is 0 Å². The van der Waals surface area contributed by atoms with Crippen molar-refractivity contribution in [3.05, 3.63) is 29.8 Å². The number of hydrogen-bond acceptors (Lipinski definition) is 5. The van der Waals surface area contributed by atoms with Crippen LogP contribution in [-0.4, -0.2) is 80.2 Å². The molecule has 0 bridgehead atoms. The number of hydrogen-bond donors (Lipinski definition) is 1. The van der Waals surface area contributed by atoms with Crippen molar-refractivity contribution in [1.82, 2.24) is 15.1 Å². The van der Waals surface area contributed by atoms with Gasteiger partial charge in [-0.2, -0.15) is 0 Å². The second-order valence-corrected chi connectivity index (χ2v) is 7.81. The van der Waals surface area contributed by atoms with Gasteiger partial charge in [0.2, 0.25) is 5.91 Å². The SMILES string of the molecule is COc1cccc(C(=O)NCCN(C2CCOCC2)C2CCN(C(C)=O)CC2)c1. The second kappa shape index (κ2) is 10.6. The fraction of sp³-hybridized carbons (Fsp3) is 0.636. The van der Waals surface area contributed by atoms with Crippen molar-refractivity contribution < 1.29 is 19.1 Å². The zero-order valence-corrected chi connectivity index (χ0v) is 17.6. The lowest BCUT2D eigenvalue weighted by Gasteiger charge is -2.43. The summed E-state index contributed by atoms with van der Waals surface area (Å²) in [6.07, 6.45) is 4.02. The predicted octanol–water partition coefficient (Wildman–Crippen LogP) is 1.92. The third-order valence-electron chi connectivity index (χ3n) is 6.03. The topological polar surface area (TPSA) is 71.1 Å². The second-order valence-electron chi connectivity index (χ2n) is 7.81. The molecule has 3 rings (SSSR count). The van der Waals surface area contributed by atoms with Crippen molar-refractivity contribution in [3.8, 4) is 5.75 Å². The lowest BCUT2D eigenvalue weighted by molar-refractivity contribution is -0.130. The molecule has 0 aliphatic carbocycles. The molecule has 2 fully saturated rings. The van der Waals surface area contributed by atoms with Crippen LogP contribution >= 0.6 is 0 Å². The summed E-state index contributed by atoms with van der Waals surface area (Å²) in [4.78, 5) is 28.6. The van der Waals surface area contributed by atoms with Crippen LogP contribution in [0.5, 0.6) is 5.75 Å². The molecular weight excluding hydrogens is 370 g/mol. The minimum absolute atomic E-state index is 0.0813. The average Bonchev–Trinajstić information content (AvgIpc) is 2.77. The van der Waals surface area contributed by atoms with E-state index in [0.717, 1.165) is 58.5 Å². The first-order valence-electron chi connectivity index (χ1n) is 10.6. The molecule has 0 spiro atoms. The fourth-order valence-electron chi connectivity index (χ4n) is 4.36. The number of carbonyl (C=O) groups is 2. The van der Waals surface area contributed by atoms with Crippen molar-refractivity contribution >= 4 is 11.8 Å². The molecule has 2 aliphatic heterocycles. The number of methoxy groups -OCH3 is 1. The van der Waals surface area contributed by atoms with Gasteiger partial charge in [-0.1, -0.05) is 6.07 Å². The molecule has 1 aromatic carbocycles. The van der Waals surface area contributed by atoms with Crippen LogP contribution in [-0.2, 0) is 9.53 Å². The standard InChI is InChI=1S/C22H33N3O4/c1-17(26)24-11-6-19(7-12-24)25(20-8-14-29-15-9-20)13-10-23-22(27)18-4-3-5-21(16-18)28-2/h3-5,16,19-20H,6-15H2,1-2H3,(H,23,27). The van der Waals surface area contributed by atoms with Crippen molar-refractivity contribution in [2.24, 2.45) is 0 Å². The normalized spacial score (nSPS) is 18.7. The number of likely N-dealkylation sites (tertiary alicyclic amines) is 1. The van der Waals surface area contributed by atoms with E-state index in [1.165, 1.54) is 0 Å². The Kier molecular flexibility index (Phi) is 7.89. The van der Waals surface area contributed by atoms with Gasteiger partial charge in [-0.25, -0.2) is 0 Å². The number of carbonyl (C=O) groups excluding carboxylic acids is 2. The lowest BCUT2D eigenvalue weighted by Crippen LogP contribution is -2.53. The van der Waals surface area contributed by atoms with Gasteiger partial charge in [0.25, 0.3) is 5.91 Å². The first-order chi connectivity index (χ1) is 14.1. The molecule has 7 nitrogen and oxygen atoms in total. The quantitative estimate of drug-likeness (QED) is 0.753. The molecule has 29 heavy (non-hydrogen) atoms. The Bertz CT molecular complexity index is 682. The third kappa shape index (κ3) is 5.93. The minimum atomic E-state index is -0.0813. The maximum Gasteiger partial charge on any atom is 0.251 e. The summed E-state index contributed by atoms with van der Waals surface area (Å²) in [5.74, 6) is 0.757. The van der Waals surface area contributed by atoms with E-state index in [2.05, 4.69) is 10.2 Å². The van der Waals surface area contributed by atoms with Crippen LogP contribution in [0.4, 0.5) is 0 Å². The van der Waals surface area contributed by atoms with E-state index in [0.29, 0.717) is 29.9 Å². The van der Waals surface area contributed by atoms with Crippen LogP contribution in [0.15, 0.2) is 24.3 Å². The highest BCUT2D eigenvalue weighted by atomic mass is 16.5. The first kappa shape index (κ1) is 21.6. The van der Waals surface area contributed by atoms with Crippen LogP contribution in [0.1, 0.15) is 43.0 Å². The molecule has 1 N–H and O–H groups in total. The summed E-state index contributed by atoms with van der Waals surface area (Å²) in [5, 5.41) is 3.05. The number of ether oxygens (including phenoxy) is 2. The van der Waals surface area contributed by atoms with Crippen LogP contribution < -0.4 is 10.1 Å². The molecule has 2 amide bonds. The molecule has 0 atom stereocenters. The van der Waals surface area contributed by atoms with Gasteiger partial charge in [0, 0.05) is 64.0 Å². The van der Waals surface area contributed by atoms with Crippen LogP contribution in [0, 0.1) is 0 Å². The highest BCUT2D eigenvalue weighted by Gasteiger charge is 2.31. The van der Waals surface area contributed by atoms with Gasteiger partial charge < -0.3 is 19.7 Å². The summed E-state index contributed by atoms with van der Waals surface area (Å²) in [5.41, 5.74) is 0.608. The monoisotopic (exact) mass is 403 g/mol. The Balaban J connectivity index is 1.56. The van der Waals surface area contributed by atoms with Crippen LogP contribution in [0.25, 0.3) is 0 Å². The van der Waals surface area contributed by atoms with E-state index in [-0.39, 0.29) is 11.8 Å². The Hall–Kier alpha value is -2.12. The number of benzene rings is 1. The highest BCUT2D eigenvalue weighted by Crippen LogP contribution is 2.23. The zero-order valence-electron chi connectivity index (χ0n) is 17.6. The molecule has 160 valence electrons. The van der Waals surface area contributed by atoms with E-state index < -0.39 is 0 Å². The van der Waals surface area contributed by atoms with E-state index in [1.807, 2.05) is 17.0 Å². The molecule has 0 saturated carbocycles. The maximum atomic E-state index is 12.5. The number of rotatable bonds is 7. The Morgan fingerprint density at radius 2 is 1.86 bits per heavy atom. The Morgan fingerprint density at radius 1 is 1.17 bits per heavy atom. The van der Waals surface area contributed by atoms with Gasteiger partial charge in [-0.05, 0) is 43.9 Å². The summed E-state index contributed by atoms with van der Waals surface area (Å²) >= 11 is 0. The van der Waals surface area contributed by atoms with Gasteiger partial charge in [0.05, 0.1) is 7.11 Å². The van der Waals surface area contributed by atoms with Crippen molar-refractivity contribution in [2.75, 3.05) is 46.5 Å². The molecule has 0 aromatic heterocycles. The van der Waals surface area contributed by atoms with E-state index in [9.17, 15) is 9.59 Å². The molecular formula is C22H33N3O4. The molecule has 0 unspecified atom stereocenters. The minimum Gasteiger partial charge on any atom is -0.497 e. The number of piperidine rings is 1. The summed E-state index contributed by atoms with van der Waals surface area (Å²) in [6, 6.07) is 8.13. The van der Waals surface area contributed by atoms with Crippen molar-refractivity contribution in [3.63, 3.8) is 0 Å². The molecule has 2 heterocycles. The summed E-state index contributed by atoms with van der Waals surface area (Å²) in [7, 11) is 1.60. The van der Waals surface area contributed by atoms with E-state index in [1.54, 1.807) is 26.2 Å². The van der Waals surface area contributed by atoms with Crippen LogP contribution in [0.3, 0.4) is 0 Å². The van der Waals surface area contributed by atoms with Gasteiger partial charge >= 0.3 is 0 Å². The molecule has 1 aromatic rings. The van der Waals surface area contributed by atoms with Crippen LogP contribution in [0.2, 0.25) is 0 Å². The fourth-order valence-corrected chi connectivity index (χ4v) is 4.36. The Labute approximate surface area is 173 Å². The predicted molar refractivity (Wildman–Crippen MR) is 111 cm³/mol. The highest BCUT2D eigenvalue weighted by molar-refractivity contribution is 5.94. The number of amides is 2. The number of nitrogens with one attached hydrogen (secondary N) is 1. The number of nitrogens with zero attached hydrogens (tertiary/aromatic N) is 2. The zero-order chi connectivity index (χ0) is 20.6. The Morgan fingerprint density at radius 3 is 2.52 bits per heavy atom. The van der Waals surface area contributed by atoms with Crippen molar-refractivity contribution in [2.45, 2.75) is 44.7 Å². The van der Waals surface area contributed by atoms with E-state index in [4.69, 9.17) is 9.47 Å². The average molecular weight is 404 g/mol. The summed E-state index contributed by atoms with van der Waals surface area (Å²) in [6.45, 7) is 6.27. The first-order valence-corrected chi connectivity index (χ1v) is 10.6. The molecule has 2 saturated heterocycles. The smallest absolute Gasteiger partial charge is 0.251 e. The van der Waals surface area contributed by atoms with Gasteiger partial charge in [0.15, 0.2) is 0 Å². The largest absolute Gasteiger partial charge is 0.497 e. The molecule has 2 aliphatic rings. The van der Waals surface area contributed by atoms with Gasteiger partial charge in [-0.3, -0.25) is 14.5 Å². The van der Waals surface area contributed by atoms with Crippen molar-refractivity contribution in [1.29, 1.82) is 0 Å². The summed E-state index contributed by atoms with van der Waals surface area (Å²) < 4.78 is 10.8.